The molecule has 0 amide bonds. The van der Waals surface area contributed by atoms with Crippen LogP contribution in [0.4, 0.5) is 0 Å². The van der Waals surface area contributed by atoms with Crippen LogP contribution < -0.4 is 15.2 Å². The van der Waals surface area contributed by atoms with Gasteiger partial charge in [0.2, 0.25) is 0 Å². The Balaban J connectivity index is 2.19. The number of hydrogen-bond donors (Lipinski definition) is 1. The van der Waals surface area contributed by atoms with Gasteiger partial charge in [-0.15, -0.1) is 0 Å². The fraction of sp³-hybridized carbons (Fsp3) is 0.294. The molecule has 2 aromatic carbocycles. The molecule has 0 aliphatic heterocycles. The van der Waals surface area contributed by atoms with Gasteiger partial charge >= 0.3 is 0 Å². The van der Waals surface area contributed by atoms with E-state index < -0.39 is 0 Å². The van der Waals surface area contributed by atoms with Crippen molar-refractivity contribution in [3.05, 3.63) is 59.2 Å². The minimum absolute atomic E-state index is 0.151. The molecular formula is C17H21NO2. The van der Waals surface area contributed by atoms with Crippen molar-refractivity contribution in [1.82, 2.24) is 0 Å². The summed E-state index contributed by atoms with van der Waals surface area (Å²) in [6, 6.07) is 14.0. The predicted molar refractivity (Wildman–Crippen MR) is 81.3 cm³/mol. The summed E-state index contributed by atoms with van der Waals surface area (Å²) in [4.78, 5) is 0. The minimum atomic E-state index is -0.151. The van der Waals surface area contributed by atoms with Crippen molar-refractivity contribution in [1.29, 1.82) is 0 Å². The lowest BCUT2D eigenvalue weighted by Gasteiger charge is -2.19. The Morgan fingerprint density at radius 2 is 1.75 bits per heavy atom. The molecule has 1 unspecified atom stereocenters. The van der Waals surface area contributed by atoms with E-state index in [1.54, 1.807) is 7.11 Å². The molecule has 2 rings (SSSR count). The van der Waals surface area contributed by atoms with Crippen molar-refractivity contribution < 1.29 is 9.47 Å². The highest BCUT2D eigenvalue weighted by atomic mass is 16.5. The van der Waals surface area contributed by atoms with Crippen LogP contribution in [0.1, 0.15) is 22.8 Å². The first-order chi connectivity index (χ1) is 9.63. The van der Waals surface area contributed by atoms with E-state index in [1.807, 2.05) is 43.3 Å². The van der Waals surface area contributed by atoms with Gasteiger partial charge in [-0.2, -0.15) is 0 Å². The molecule has 20 heavy (non-hydrogen) atoms. The largest absolute Gasteiger partial charge is 0.496 e. The first-order valence-electron chi connectivity index (χ1n) is 6.72. The molecule has 0 saturated heterocycles. The average molecular weight is 271 g/mol. The number of hydrogen-bond acceptors (Lipinski definition) is 3. The van der Waals surface area contributed by atoms with Crippen molar-refractivity contribution in [3.8, 4) is 11.5 Å². The summed E-state index contributed by atoms with van der Waals surface area (Å²) in [6.45, 7) is 4.50. The highest BCUT2D eigenvalue weighted by molar-refractivity contribution is 5.37. The van der Waals surface area contributed by atoms with Gasteiger partial charge in [0.15, 0.2) is 0 Å². The highest BCUT2D eigenvalue weighted by Gasteiger charge is 2.13. The maximum Gasteiger partial charge on any atom is 0.136 e. The van der Waals surface area contributed by atoms with Gasteiger partial charge in [0.1, 0.15) is 17.6 Å². The van der Waals surface area contributed by atoms with Crippen LogP contribution in [0.3, 0.4) is 0 Å². The molecule has 0 spiro atoms. The standard InChI is InChI=1S/C17H21NO2/c1-12-4-7-15(8-5-12)20-17(11-18)14-6-9-16(19-3)13(2)10-14/h4-10,17H,11,18H2,1-3H3. The molecule has 0 aromatic heterocycles. The zero-order valence-electron chi connectivity index (χ0n) is 12.2. The number of benzene rings is 2. The molecule has 106 valence electrons. The van der Waals surface area contributed by atoms with Gasteiger partial charge in [-0.25, -0.2) is 0 Å². The Hall–Kier alpha value is -2.00. The summed E-state index contributed by atoms with van der Waals surface area (Å²) in [5, 5.41) is 0. The predicted octanol–water partition coefficient (Wildman–Crippen LogP) is 3.39. The fourth-order valence-electron chi connectivity index (χ4n) is 2.14. The van der Waals surface area contributed by atoms with Crippen LogP contribution in [0, 0.1) is 13.8 Å². The van der Waals surface area contributed by atoms with Gasteiger partial charge in [-0.1, -0.05) is 23.8 Å². The average Bonchev–Trinajstić information content (AvgIpc) is 2.46. The number of aryl methyl sites for hydroxylation is 2. The van der Waals surface area contributed by atoms with E-state index in [0.29, 0.717) is 6.54 Å². The van der Waals surface area contributed by atoms with E-state index in [0.717, 1.165) is 22.6 Å². The summed E-state index contributed by atoms with van der Waals surface area (Å²) < 4.78 is 11.2. The highest BCUT2D eigenvalue weighted by Crippen LogP contribution is 2.26. The van der Waals surface area contributed by atoms with E-state index >= 15 is 0 Å². The van der Waals surface area contributed by atoms with Gasteiger partial charge in [0.25, 0.3) is 0 Å². The molecule has 0 radical (unpaired) electrons. The second-order valence-electron chi connectivity index (χ2n) is 4.88. The molecular weight excluding hydrogens is 250 g/mol. The number of methoxy groups -OCH3 is 1. The zero-order chi connectivity index (χ0) is 14.5. The van der Waals surface area contributed by atoms with Gasteiger partial charge in [-0.3, -0.25) is 0 Å². The molecule has 1 atom stereocenters. The van der Waals surface area contributed by atoms with Crippen molar-refractivity contribution in [2.24, 2.45) is 5.73 Å². The summed E-state index contributed by atoms with van der Waals surface area (Å²) in [5.41, 5.74) is 9.20. The van der Waals surface area contributed by atoms with Crippen molar-refractivity contribution >= 4 is 0 Å². The molecule has 0 aliphatic carbocycles. The molecule has 0 saturated carbocycles. The fourth-order valence-corrected chi connectivity index (χ4v) is 2.14. The maximum atomic E-state index is 5.97. The van der Waals surface area contributed by atoms with Crippen molar-refractivity contribution in [3.63, 3.8) is 0 Å². The molecule has 0 aliphatic rings. The summed E-state index contributed by atoms with van der Waals surface area (Å²) in [5.74, 6) is 1.71. The van der Waals surface area contributed by atoms with E-state index in [2.05, 4.69) is 13.0 Å². The van der Waals surface area contributed by atoms with Gasteiger partial charge in [-0.05, 0) is 49.2 Å². The van der Waals surface area contributed by atoms with E-state index in [4.69, 9.17) is 15.2 Å². The number of nitrogens with two attached hydrogens (primary N) is 1. The SMILES string of the molecule is COc1ccc(C(CN)Oc2ccc(C)cc2)cc1C. The first kappa shape index (κ1) is 14.4. The number of rotatable bonds is 5. The van der Waals surface area contributed by atoms with Crippen LogP contribution in [0.2, 0.25) is 0 Å². The van der Waals surface area contributed by atoms with Crippen LogP contribution in [-0.4, -0.2) is 13.7 Å². The lowest BCUT2D eigenvalue weighted by atomic mass is 10.1. The van der Waals surface area contributed by atoms with Gasteiger partial charge in [0, 0.05) is 6.54 Å². The Bertz CT molecular complexity index is 564. The van der Waals surface area contributed by atoms with Crippen LogP contribution in [0.5, 0.6) is 11.5 Å². The van der Waals surface area contributed by atoms with Crippen LogP contribution in [0.15, 0.2) is 42.5 Å². The lowest BCUT2D eigenvalue weighted by molar-refractivity contribution is 0.214. The zero-order valence-corrected chi connectivity index (χ0v) is 12.2. The maximum absolute atomic E-state index is 5.97. The van der Waals surface area contributed by atoms with Crippen LogP contribution in [0.25, 0.3) is 0 Å². The monoisotopic (exact) mass is 271 g/mol. The molecule has 2 aromatic rings. The van der Waals surface area contributed by atoms with Crippen LogP contribution >= 0.6 is 0 Å². The molecule has 0 fully saturated rings. The topological polar surface area (TPSA) is 44.5 Å². The molecule has 2 N–H and O–H groups in total. The molecule has 0 bridgehead atoms. The Morgan fingerprint density at radius 1 is 1.05 bits per heavy atom. The van der Waals surface area contributed by atoms with Gasteiger partial charge < -0.3 is 15.2 Å². The normalized spacial score (nSPS) is 12.0. The second-order valence-corrected chi connectivity index (χ2v) is 4.88. The molecule has 3 nitrogen and oxygen atoms in total. The first-order valence-corrected chi connectivity index (χ1v) is 6.72. The quantitative estimate of drug-likeness (QED) is 0.906. The summed E-state index contributed by atoms with van der Waals surface area (Å²) >= 11 is 0. The van der Waals surface area contributed by atoms with Crippen LogP contribution in [-0.2, 0) is 0 Å². The minimum Gasteiger partial charge on any atom is -0.496 e. The Kier molecular flexibility index (Phi) is 4.64. The summed E-state index contributed by atoms with van der Waals surface area (Å²) in [6.07, 6.45) is -0.151. The van der Waals surface area contributed by atoms with E-state index in [-0.39, 0.29) is 6.10 Å². The van der Waals surface area contributed by atoms with Crippen molar-refractivity contribution in [2.75, 3.05) is 13.7 Å². The third-order valence-corrected chi connectivity index (χ3v) is 3.30. The Morgan fingerprint density at radius 3 is 2.30 bits per heavy atom. The third-order valence-electron chi connectivity index (χ3n) is 3.30. The van der Waals surface area contributed by atoms with Gasteiger partial charge in [0.05, 0.1) is 7.11 Å². The summed E-state index contributed by atoms with van der Waals surface area (Å²) in [7, 11) is 1.67. The smallest absolute Gasteiger partial charge is 0.136 e. The molecule has 0 heterocycles. The van der Waals surface area contributed by atoms with Crippen molar-refractivity contribution in [2.45, 2.75) is 20.0 Å². The third kappa shape index (κ3) is 3.31. The number of ether oxygens (including phenoxy) is 2. The lowest BCUT2D eigenvalue weighted by Crippen LogP contribution is -2.18. The van der Waals surface area contributed by atoms with E-state index in [9.17, 15) is 0 Å². The van der Waals surface area contributed by atoms with E-state index in [1.165, 1.54) is 5.56 Å². The Labute approximate surface area is 120 Å². The molecule has 3 heteroatoms. The second kappa shape index (κ2) is 6.44.